The van der Waals surface area contributed by atoms with Gasteiger partial charge < -0.3 is 19.1 Å². The Morgan fingerprint density at radius 3 is 2.06 bits per heavy atom. The van der Waals surface area contributed by atoms with Crippen LogP contribution in [0.15, 0.2) is 109 Å². The molecule has 0 amide bonds. The predicted octanol–water partition coefficient (Wildman–Crippen LogP) is 5.72. The van der Waals surface area contributed by atoms with Crippen LogP contribution in [0.2, 0.25) is 0 Å². The summed E-state index contributed by atoms with van der Waals surface area (Å²) in [7, 11) is 0. The number of benzene rings is 4. The van der Waals surface area contributed by atoms with E-state index in [0.717, 1.165) is 33.7 Å². The molecule has 0 bridgehead atoms. The third-order valence-corrected chi connectivity index (χ3v) is 5.59. The van der Waals surface area contributed by atoms with E-state index in [-0.39, 0.29) is 6.61 Å². The van der Waals surface area contributed by atoms with Crippen LogP contribution in [-0.4, -0.2) is 27.4 Å². The van der Waals surface area contributed by atoms with Crippen molar-refractivity contribution in [3.05, 3.63) is 115 Å². The minimum atomic E-state index is -0.700. The molecule has 5 aromatic rings. The SMILES string of the molecule is OC(COc1ccc(OCc2ccccc2)cc1)Cn1c(-c2ccccc2)nc2ccccc21. The zero-order chi connectivity index (χ0) is 23.2. The molecule has 5 nitrogen and oxygen atoms in total. The van der Waals surface area contributed by atoms with Gasteiger partial charge in [0.25, 0.3) is 0 Å². The molecule has 5 heteroatoms. The summed E-state index contributed by atoms with van der Waals surface area (Å²) in [5.74, 6) is 2.29. The van der Waals surface area contributed by atoms with E-state index in [2.05, 4.69) is 4.57 Å². The lowest BCUT2D eigenvalue weighted by Crippen LogP contribution is -2.24. The van der Waals surface area contributed by atoms with Crippen LogP contribution in [0.1, 0.15) is 5.56 Å². The van der Waals surface area contributed by atoms with E-state index in [4.69, 9.17) is 14.5 Å². The molecule has 4 aromatic carbocycles. The Kier molecular flexibility index (Phi) is 6.54. The highest BCUT2D eigenvalue weighted by molar-refractivity contribution is 5.80. The molecule has 0 aliphatic rings. The van der Waals surface area contributed by atoms with Gasteiger partial charge in [0, 0.05) is 5.56 Å². The molecule has 1 unspecified atom stereocenters. The minimum Gasteiger partial charge on any atom is -0.491 e. The highest BCUT2D eigenvalue weighted by atomic mass is 16.5. The molecule has 1 N–H and O–H groups in total. The Hall–Kier alpha value is -4.09. The number of aliphatic hydroxyl groups excluding tert-OH is 1. The first kappa shape index (κ1) is 21.7. The number of hydrogen-bond donors (Lipinski definition) is 1. The molecule has 0 fully saturated rings. The van der Waals surface area contributed by atoms with Crippen LogP contribution in [0.25, 0.3) is 22.4 Å². The Balaban J connectivity index is 1.22. The molecule has 1 atom stereocenters. The molecular formula is C29H26N2O3. The van der Waals surface area contributed by atoms with Gasteiger partial charge in [0.05, 0.1) is 17.6 Å². The molecule has 0 spiro atoms. The maximum Gasteiger partial charge on any atom is 0.141 e. The van der Waals surface area contributed by atoms with Crippen molar-refractivity contribution < 1.29 is 14.6 Å². The highest BCUT2D eigenvalue weighted by Crippen LogP contribution is 2.25. The Morgan fingerprint density at radius 2 is 1.32 bits per heavy atom. The largest absolute Gasteiger partial charge is 0.491 e. The van der Waals surface area contributed by atoms with Crippen LogP contribution in [0.4, 0.5) is 0 Å². The van der Waals surface area contributed by atoms with E-state index in [1.165, 1.54) is 0 Å². The number of fused-ring (bicyclic) bond motifs is 1. The van der Waals surface area contributed by atoms with Gasteiger partial charge in [0.15, 0.2) is 0 Å². The van der Waals surface area contributed by atoms with Gasteiger partial charge in [-0.1, -0.05) is 72.8 Å². The molecule has 5 rings (SSSR count). The molecule has 0 saturated heterocycles. The molecule has 1 heterocycles. The standard InChI is InChI=1S/C29H26N2O3/c32-24(21-34-26-17-15-25(16-18-26)33-20-22-9-3-1-4-10-22)19-31-28-14-8-7-13-27(28)30-29(31)23-11-5-2-6-12-23/h1-18,24,32H,19-21H2. The van der Waals surface area contributed by atoms with Gasteiger partial charge in [0.2, 0.25) is 0 Å². The van der Waals surface area contributed by atoms with Crippen molar-refractivity contribution in [1.29, 1.82) is 0 Å². The van der Waals surface area contributed by atoms with E-state index in [9.17, 15) is 5.11 Å². The number of ether oxygens (including phenoxy) is 2. The summed E-state index contributed by atoms with van der Waals surface area (Å²) < 4.78 is 13.7. The minimum absolute atomic E-state index is 0.172. The lowest BCUT2D eigenvalue weighted by Gasteiger charge is -2.16. The summed E-state index contributed by atoms with van der Waals surface area (Å²) in [4.78, 5) is 4.80. The Morgan fingerprint density at radius 1 is 0.706 bits per heavy atom. The smallest absolute Gasteiger partial charge is 0.141 e. The fourth-order valence-electron chi connectivity index (χ4n) is 3.90. The highest BCUT2D eigenvalue weighted by Gasteiger charge is 2.16. The van der Waals surface area contributed by atoms with Crippen molar-refractivity contribution in [3.8, 4) is 22.9 Å². The average Bonchev–Trinajstić information content (AvgIpc) is 3.26. The van der Waals surface area contributed by atoms with Crippen LogP contribution in [0, 0.1) is 0 Å². The summed E-state index contributed by atoms with van der Waals surface area (Å²) in [6.45, 7) is 1.07. The molecule has 0 aliphatic heterocycles. The van der Waals surface area contributed by atoms with Crippen LogP contribution in [0.3, 0.4) is 0 Å². The Labute approximate surface area is 198 Å². The first-order chi connectivity index (χ1) is 16.8. The normalized spacial score (nSPS) is 11.9. The van der Waals surface area contributed by atoms with E-state index in [0.29, 0.717) is 18.9 Å². The predicted molar refractivity (Wildman–Crippen MR) is 134 cm³/mol. The average molecular weight is 451 g/mol. The Bertz CT molecular complexity index is 1330. The summed E-state index contributed by atoms with van der Waals surface area (Å²) >= 11 is 0. The van der Waals surface area contributed by atoms with Crippen LogP contribution in [-0.2, 0) is 13.2 Å². The van der Waals surface area contributed by atoms with E-state index in [1.54, 1.807) is 0 Å². The number of imidazole rings is 1. The fraction of sp³-hybridized carbons (Fsp3) is 0.138. The number of hydrogen-bond acceptors (Lipinski definition) is 4. The third kappa shape index (κ3) is 5.11. The monoisotopic (exact) mass is 450 g/mol. The topological polar surface area (TPSA) is 56.5 Å². The number of para-hydroxylation sites is 2. The van der Waals surface area contributed by atoms with E-state index >= 15 is 0 Å². The zero-order valence-electron chi connectivity index (χ0n) is 18.7. The molecule has 0 radical (unpaired) electrons. The summed E-state index contributed by atoms with van der Waals surface area (Å²) in [6.07, 6.45) is -0.700. The molecule has 0 aliphatic carbocycles. The lowest BCUT2D eigenvalue weighted by molar-refractivity contribution is 0.0937. The van der Waals surface area contributed by atoms with E-state index < -0.39 is 6.10 Å². The fourth-order valence-corrected chi connectivity index (χ4v) is 3.90. The second kappa shape index (κ2) is 10.2. The van der Waals surface area contributed by atoms with Crippen molar-refractivity contribution in [1.82, 2.24) is 9.55 Å². The summed E-state index contributed by atoms with van der Waals surface area (Å²) in [5, 5.41) is 10.8. The summed E-state index contributed by atoms with van der Waals surface area (Å²) in [6, 6.07) is 35.5. The molecule has 0 saturated carbocycles. The van der Waals surface area contributed by atoms with Gasteiger partial charge in [-0.2, -0.15) is 0 Å². The van der Waals surface area contributed by atoms with Crippen LogP contribution >= 0.6 is 0 Å². The first-order valence-corrected chi connectivity index (χ1v) is 11.3. The first-order valence-electron chi connectivity index (χ1n) is 11.3. The molecule has 34 heavy (non-hydrogen) atoms. The van der Waals surface area contributed by atoms with Gasteiger partial charge >= 0.3 is 0 Å². The molecular weight excluding hydrogens is 424 g/mol. The van der Waals surface area contributed by atoms with Crippen molar-refractivity contribution >= 4 is 11.0 Å². The quantitative estimate of drug-likeness (QED) is 0.312. The van der Waals surface area contributed by atoms with Crippen molar-refractivity contribution in [3.63, 3.8) is 0 Å². The van der Waals surface area contributed by atoms with Crippen LogP contribution in [0.5, 0.6) is 11.5 Å². The number of aromatic nitrogens is 2. The van der Waals surface area contributed by atoms with Gasteiger partial charge in [0.1, 0.15) is 36.6 Å². The maximum atomic E-state index is 10.8. The van der Waals surface area contributed by atoms with Crippen molar-refractivity contribution in [2.45, 2.75) is 19.3 Å². The van der Waals surface area contributed by atoms with Gasteiger partial charge in [-0.15, -0.1) is 0 Å². The maximum absolute atomic E-state index is 10.8. The lowest BCUT2D eigenvalue weighted by atomic mass is 10.2. The van der Waals surface area contributed by atoms with Crippen LogP contribution < -0.4 is 9.47 Å². The van der Waals surface area contributed by atoms with Crippen molar-refractivity contribution in [2.24, 2.45) is 0 Å². The zero-order valence-corrected chi connectivity index (χ0v) is 18.7. The van der Waals surface area contributed by atoms with Crippen molar-refractivity contribution in [2.75, 3.05) is 6.61 Å². The van der Waals surface area contributed by atoms with Gasteiger partial charge in [-0.25, -0.2) is 4.98 Å². The van der Waals surface area contributed by atoms with Gasteiger partial charge in [-0.05, 0) is 42.0 Å². The second-order valence-electron chi connectivity index (χ2n) is 8.11. The molecule has 1 aromatic heterocycles. The van der Waals surface area contributed by atoms with Gasteiger partial charge in [-0.3, -0.25) is 0 Å². The number of nitrogens with zero attached hydrogens (tertiary/aromatic N) is 2. The molecule has 170 valence electrons. The van der Waals surface area contributed by atoms with E-state index in [1.807, 2.05) is 109 Å². The third-order valence-electron chi connectivity index (χ3n) is 5.59. The number of aliphatic hydroxyl groups is 1. The second-order valence-corrected chi connectivity index (χ2v) is 8.11. The number of rotatable bonds is 9. The summed E-state index contributed by atoms with van der Waals surface area (Å²) in [5.41, 5.74) is 4.02.